The van der Waals surface area contributed by atoms with Gasteiger partial charge in [-0.2, -0.15) is 0 Å². The molecule has 2 nitrogen and oxygen atoms in total. The third-order valence-corrected chi connectivity index (χ3v) is 3.95. The van der Waals surface area contributed by atoms with Crippen molar-refractivity contribution in [2.75, 3.05) is 0 Å². The predicted octanol–water partition coefficient (Wildman–Crippen LogP) is 1.14. The second-order valence-corrected chi connectivity index (χ2v) is 4.56. The van der Waals surface area contributed by atoms with Crippen LogP contribution >= 0.6 is 0 Å². The average molecular weight is 182 g/mol. The van der Waals surface area contributed by atoms with E-state index in [2.05, 4.69) is 0 Å². The van der Waals surface area contributed by atoms with Gasteiger partial charge < -0.3 is 0 Å². The molecule has 0 spiro atoms. The number of ketones is 2. The van der Waals surface area contributed by atoms with Gasteiger partial charge in [0.25, 0.3) is 0 Å². The number of Topliss-reactive ketones (excluding diaryl/α,β-unsaturated/α-hetero) is 2. The van der Waals surface area contributed by atoms with Crippen molar-refractivity contribution in [1.29, 1.82) is 0 Å². The highest BCUT2D eigenvalue weighted by Crippen LogP contribution is 2.51. The molecule has 4 rings (SSSR count). The Hall–Kier alpha value is -0.730. The van der Waals surface area contributed by atoms with E-state index < -0.39 is 18.0 Å². The fourth-order valence-corrected chi connectivity index (χ4v) is 3.31. The molecule has 4 bridgehead atoms. The second kappa shape index (κ2) is 2.20. The maximum atomic E-state index is 13.5. The molecule has 4 fully saturated rings. The normalized spacial score (nSPS) is 53.2. The summed E-state index contributed by atoms with van der Waals surface area (Å²) in [5.41, 5.74) is 0. The number of hydrogen-bond acceptors (Lipinski definition) is 2. The summed E-state index contributed by atoms with van der Waals surface area (Å²) in [6.45, 7) is 0. The van der Waals surface area contributed by atoms with Gasteiger partial charge in [0.05, 0.1) is 11.8 Å². The minimum atomic E-state index is -1.16. The molecule has 3 heteroatoms. The van der Waals surface area contributed by atoms with Crippen LogP contribution in [0.4, 0.5) is 4.39 Å². The van der Waals surface area contributed by atoms with Crippen molar-refractivity contribution < 1.29 is 14.0 Å². The first kappa shape index (κ1) is 7.65. The van der Waals surface area contributed by atoms with Crippen molar-refractivity contribution in [3.8, 4) is 0 Å². The van der Waals surface area contributed by atoms with Crippen LogP contribution < -0.4 is 0 Å². The first-order valence-corrected chi connectivity index (χ1v) is 4.90. The quantitative estimate of drug-likeness (QED) is 0.563. The fraction of sp³-hybridized carbons (Fsp3) is 0.800. The molecule has 0 radical (unpaired) electrons. The van der Waals surface area contributed by atoms with Crippen molar-refractivity contribution in [3.63, 3.8) is 0 Å². The lowest BCUT2D eigenvalue weighted by Gasteiger charge is -2.48. The van der Waals surface area contributed by atoms with Crippen LogP contribution in [0.25, 0.3) is 0 Å². The Bertz CT molecular complexity index is 271. The van der Waals surface area contributed by atoms with Gasteiger partial charge in [-0.25, -0.2) is 4.39 Å². The maximum Gasteiger partial charge on any atom is 0.142 e. The second-order valence-electron chi connectivity index (χ2n) is 4.56. The molecule has 0 N–H and O–H groups in total. The summed E-state index contributed by atoms with van der Waals surface area (Å²) >= 11 is 0. The molecule has 4 aliphatic rings. The van der Waals surface area contributed by atoms with Crippen LogP contribution in [0.15, 0.2) is 0 Å². The van der Waals surface area contributed by atoms with E-state index in [-0.39, 0.29) is 23.4 Å². The largest absolute Gasteiger partial charge is 0.299 e. The molecule has 0 aromatic heterocycles. The number of carbonyl (C=O) groups is 2. The Kier molecular flexibility index (Phi) is 1.29. The van der Waals surface area contributed by atoms with Crippen molar-refractivity contribution >= 4 is 11.6 Å². The van der Waals surface area contributed by atoms with Gasteiger partial charge in [-0.1, -0.05) is 0 Å². The van der Waals surface area contributed by atoms with E-state index in [9.17, 15) is 14.0 Å². The minimum Gasteiger partial charge on any atom is -0.299 e. The van der Waals surface area contributed by atoms with E-state index in [4.69, 9.17) is 0 Å². The molecule has 4 saturated carbocycles. The van der Waals surface area contributed by atoms with Crippen LogP contribution in [0, 0.1) is 23.7 Å². The first-order valence-electron chi connectivity index (χ1n) is 4.90. The Morgan fingerprint density at radius 2 is 1.38 bits per heavy atom. The lowest BCUT2D eigenvalue weighted by atomic mass is 9.54. The molecular formula is C10H11FO2. The van der Waals surface area contributed by atoms with Gasteiger partial charge in [-0.05, 0) is 19.3 Å². The zero-order valence-corrected chi connectivity index (χ0v) is 7.20. The van der Waals surface area contributed by atoms with Gasteiger partial charge in [0, 0.05) is 11.8 Å². The van der Waals surface area contributed by atoms with E-state index in [0.29, 0.717) is 19.3 Å². The predicted molar refractivity (Wildman–Crippen MR) is 42.7 cm³/mol. The molecule has 0 saturated heterocycles. The SMILES string of the molecule is O=C1[C@H]2C[C@H]3C[C@@H]1C(F)[C@@H](C2)C3=O. The Balaban J connectivity index is 2.04. The summed E-state index contributed by atoms with van der Waals surface area (Å²) in [5.74, 6) is -0.655. The standard InChI is InChI=1S/C10H11FO2/c11-8-6-2-4-1-5(10(6)13)3-7(8)9(4)12/h4-8H,1-3H2/t4-,5-,6+,7+/m0/s1. The summed E-state index contributed by atoms with van der Waals surface area (Å²) < 4.78 is 13.5. The summed E-state index contributed by atoms with van der Waals surface area (Å²) in [7, 11) is 0. The van der Waals surface area contributed by atoms with Crippen molar-refractivity contribution in [2.45, 2.75) is 25.4 Å². The van der Waals surface area contributed by atoms with Gasteiger partial charge >= 0.3 is 0 Å². The Morgan fingerprint density at radius 3 is 1.85 bits per heavy atom. The van der Waals surface area contributed by atoms with E-state index >= 15 is 0 Å². The van der Waals surface area contributed by atoms with Crippen molar-refractivity contribution in [1.82, 2.24) is 0 Å². The van der Waals surface area contributed by atoms with E-state index in [1.165, 1.54) is 0 Å². The highest BCUT2D eigenvalue weighted by Gasteiger charge is 2.57. The molecule has 0 aromatic carbocycles. The average Bonchev–Trinajstić information content (AvgIpc) is 2.10. The van der Waals surface area contributed by atoms with Crippen LogP contribution in [0.5, 0.6) is 0 Å². The van der Waals surface area contributed by atoms with Crippen LogP contribution in [0.3, 0.4) is 0 Å². The highest BCUT2D eigenvalue weighted by atomic mass is 19.1. The molecule has 0 heterocycles. The first-order chi connectivity index (χ1) is 6.18. The number of alkyl halides is 1. The zero-order chi connectivity index (χ0) is 9.16. The Labute approximate surface area is 75.5 Å². The van der Waals surface area contributed by atoms with E-state index in [0.717, 1.165) is 0 Å². The van der Waals surface area contributed by atoms with E-state index in [1.54, 1.807) is 0 Å². The topological polar surface area (TPSA) is 34.1 Å². The summed E-state index contributed by atoms with van der Waals surface area (Å²) in [6, 6.07) is 0. The summed E-state index contributed by atoms with van der Waals surface area (Å²) in [6.07, 6.45) is 0.530. The fourth-order valence-electron chi connectivity index (χ4n) is 3.31. The van der Waals surface area contributed by atoms with Gasteiger partial charge in [0.2, 0.25) is 0 Å². The molecule has 70 valence electrons. The third kappa shape index (κ3) is 0.779. The summed E-state index contributed by atoms with van der Waals surface area (Å²) in [5, 5.41) is 0. The zero-order valence-electron chi connectivity index (χ0n) is 7.20. The van der Waals surface area contributed by atoms with Crippen molar-refractivity contribution in [3.05, 3.63) is 0 Å². The molecule has 4 atom stereocenters. The summed E-state index contributed by atoms with van der Waals surface area (Å²) in [4.78, 5) is 23.1. The lowest BCUT2D eigenvalue weighted by Crippen LogP contribution is -2.57. The molecule has 0 aliphatic heterocycles. The van der Waals surface area contributed by atoms with Crippen LogP contribution in [-0.4, -0.2) is 17.7 Å². The molecule has 4 aliphatic carbocycles. The van der Waals surface area contributed by atoms with Gasteiger partial charge in [-0.3, -0.25) is 9.59 Å². The van der Waals surface area contributed by atoms with Crippen molar-refractivity contribution in [2.24, 2.45) is 23.7 Å². The number of hydrogen-bond donors (Lipinski definition) is 0. The number of halogens is 1. The molecule has 13 heavy (non-hydrogen) atoms. The Morgan fingerprint density at radius 1 is 0.923 bits per heavy atom. The van der Waals surface area contributed by atoms with Crippen LogP contribution in [-0.2, 0) is 9.59 Å². The lowest BCUT2D eigenvalue weighted by molar-refractivity contribution is -0.158. The van der Waals surface area contributed by atoms with E-state index in [1.807, 2.05) is 0 Å². The van der Waals surface area contributed by atoms with Gasteiger partial charge in [0.15, 0.2) is 0 Å². The number of rotatable bonds is 0. The molecule has 0 aromatic rings. The molecular weight excluding hydrogens is 171 g/mol. The smallest absolute Gasteiger partial charge is 0.142 e. The highest BCUT2D eigenvalue weighted by molar-refractivity contribution is 5.96. The van der Waals surface area contributed by atoms with Crippen LogP contribution in [0.2, 0.25) is 0 Å². The monoisotopic (exact) mass is 182 g/mol. The molecule has 0 unspecified atom stereocenters. The molecule has 0 amide bonds. The van der Waals surface area contributed by atoms with Crippen LogP contribution in [0.1, 0.15) is 19.3 Å². The van der Waals surface area contributed by atoms with Gasteiger partial charge in [0.1, 0.15) is 17.7 Å². The number of carbonyl (C=O) groups excluding carboxylic acids is 2. The third-order valence-electron chi connectivity index (χ3n) is 3.95. The minimum absolute atomic E-state index is 0.0125. The maximum absolute atomic E-state index is 13.5. The van der Waals surface area contributed by atoms with Gasteiger partial charge in [-0.15, -0.1) is 0 Å².